The molecule has 0 bridgehead atoms. The van der Waals surface area contributed by atoms with Gasteiger partial charge in [-0.3, -0.25) is 14.4 Å². The van der Waals surface area contributed by atoms with Crippen molar-refractivity contribution in [3.8, 4) is 0 Å². The molecule has 0 aliphatic rings. The summed E-state index contributed by atoms with van der Waals surface area (Å²) in [5.41, 5.74) is 0. The Balaban J connectivity index is 4.32. The largest absolute Gasteiger partial charge is 0.462 e. The Morgan fingerprint density at radius 3 is 0.750 bits per heavy atom. The van der Waals surface area contributed by atoms with E-state index < -0.39 is 6.10 Å². The number of esters is 3. The smallest absolute Gasteiger partial charge is 0.306 e. The van der Waals surface area contributed by atoms with Gasteiger partial charge in [-0.05, 0) is 70.6 Å². The van der Waals surface area contributed by atoms with Crippen LogP contribution in [0.5, 0.6) is 0 Å². The van der Waals surface area contributed by atoms with Crippen LogP contribution in [0.25, 0.3) is 0 Å². The van der Waals surface area contributed by atoms with Crippen LogP contribution < -0.4 is 0 Å². The Hall–Kier alpha value is -2.11. The van der Waals surface area contributed by atoms with Gasteiger partial charge >= 0.3 is 17.9 Å². The number of unbranched alkanes of at least 4 members (excludes halogenated alkanes) is 41. The second-order valence-corrected chi connectivity index (χ2v) is 20.6. The average molecular weight is 958 g/mol. The molecule has 6 heteroatoms. The molecular weight excluding hydrogens is 841 g/mol. The number of hydrogen-bond acceptors (Lipinski definition) is 6. The van der Waals surface area contributed by atoms with Crippen molar-refractivity contribution in [2.24, 2.45) is 0 Å². The van der Waals surface area contributed by atoms with Crippen molar-refractivity contribution in [2.45, 2.75) is 341 Å². The van der Waals surface area contributed by atoms with Crippen LogP contribution in [0.15, 0.2) is 24.3 Å². The molecule has 68 heavy (non-hydrogen) atoms. The molecule has 1 atom stereocenters. The van der Waals surface area contributed by atoms with Gasteiger partial charge in [0.15, 0.2) is 6.10 Å². The van der Waals surface area contributed by atoms with Crippen LogP contribution in [0.3, 0.4) is 0 Å². The molecule has 1 unspecified atom stereocenters. The van der Waals surface area contributed by atoms with Crippen molar-refractivity contribution in [3.05, 3.63) is 24.3 Å². The lowest BCUT2D eigenvalue weighted by Crippen LogP contribution is -2.30. The topological polar surface area (TPSA) is 78.9 Å². The predicted octanol–water partition coefficient (Wildman–Crippen LogP) is 20.3. The first-order valence-electron chi connectivity index (χ1n) is 30.3. The summed E-state index contributed by atoms with van der Waals surface area (Å²) in [7, 11) is 0. The van der Waals surface area contributed by atoms with Gasteiger partial charge in [-0.2, -0.15) is 0 Å². The summed E-state index contributed by atoms with van der Waals surface area (Å²) in [5.74, 6) is -0.872. The van der Waals surface area contributed by atoms with Crippen LogP contribution in [0.4, 0.5) is 0 Å². The lowest BCUT2D eigenvalue weighted by Gasteiger charge is -2.18. The van der Waals surface area contributed by atoms with Crippen molar-refractivity contribution in [3.63, 3.8) is 0 Å². The molecule has 0 rings (SSSR count). The van der Waals surface area contributed by atoms with Gasteiger partial charge in [0.1, 0.15) is 13.2 Å². The summed E-state index contributed by atoms with van der Waals surface area (Å²) in [6, 6.07) is 0. The van der Waals surface area contributed by atoms with E-state index in [4.69, 9.17) is 14.2 Å². The highest BCUT2D eigenvalue weighted by atomic mass is 16.6. The minimum atomic E-state index is -0.775. The maximum absolute atomic E-state index is 12.9. The van der Waals surface area contributed by atoms with Gasteiger partial charge in [0, 0.05) is 19.3 Å². The summed E-state index contributed by atoms with van der Waals surface area (Å²) >= 11 is 0. The fourth-order valence-electron chi connectivity index (χ4n) is 9.08. The molecule has 0 amide bonds. The van der Waals surface area contributed by atoms with Crippen molar-refractivity contribution in [1.29, 1.82) is 0 Å². The zero-order valence-corrected chi connectivity index (χ0v) is 45.9. The first-order chi connectivity index (χ1) is 33.5. The third-order valence-electron chi connectivity index (χ3n) is 13.7. The molecule has 0 aromatic rings. The highest BCUT2D eigenvalue weighted by Gasteiger charge is 2.19. The van der Waals surface area contributed by atoms with Crippen LogP contribution in [-0.2, 0) is 28.6 Å². The van der Waals surface area contributed by atoms with E-state index in [9.17, 15) is 14.4 Å². The Morgan fingerprint density at radius 2 is 0.485 bits per heavy atom. The van der Waals surface area contributed by atoms with Crippen molar-refractivity contribution in [1.82, 2.24) is 0 Å². The predicted molar refractivity (Wildman–Crippen MR) is 293 cm³/mol. The van der Waals surface area contributed by atoms with Crippen LogP contribution >= 0.6 is 0 Å². The lowest BCUT2D eigenvalue weighted by atomic mass is 10.0. The van der Waals surface area contributed by atoms with Gasteiger partial charge in [-0.1, -0.05) is 270 Å². The number of carbonyl (C=O) groups is 3. The van der Waals surface area contributed by atoms with E-state index in [0.717, 1.165) is 70.6 Å². The molecule has 0 spiro atoms. The van der Waals surface area contributed by atoms with Crippen molar-refractivity contribution >= 4 is 17.9 Å². The maximum atomic E-state index is 12.9. The van der Waals surface area contributed by atoms with Gasteiger partial charge in [0.25, 0.3) is 0 Å². The number of ether oxygens (including phenoxy) is 3. The minimum absolute atomic E-state index is 0.0738. The standard InChI is InChI=1S/C62H116O6/c1-4-7-10-13-16-19-22-25-27-29-31-33-34-37-40-43-46-49-52-55-61(64)67-58-59(57-66-60(63)54-51-48-45-42-39-36-24-21-18-15-12-9-6-3)68-62(65)56-53-50-47-44-41-38-35-32-30-28-26-23-20-17-14-11-8-5-2/h29,31,36,39,59H,4-28,30,32-35,37-38,40-58H2,1-3H3/b31-29-,39-36-. The van der Waals surface area contributed by atoms with Crippen LogP contribution in [0.2, 0.25) is 0 Å². The molecule has 0 heterocycles. The zero-order valence-electron chi connectivity index (χ0n) is 45.9. The second kappa shape index (κ2) is 57.5. The molecule has 0 fully saturated rings. The van der Waals surface area contributed by atoms with E-state index in [-0.39, 0.29) is 31.1 Å². The van der Waals surface area contributed by atoms with E-state index in [0.29, 0.717) is 19.3 Å². The third-order valence-corrected chi connectivity index (χ3v) is 13.7. The highest BCUT2D eigenvalue weighted by Crippen LogP contribution is 2.17. The van der Waals surface area contributed by atoms with Crippen molar-refractivity contribution in [2.75, 3.05) is 13.2 Å². The first kappa shape index (κ1) is 65.9. The Kier molecular flexibility index (Phi) is 55.7. The molecule has 400 valence electrons. The molecule has 0 aromatic heterocycles. The molecule has 0 aliphatic heterocycles. The summed E-state index contributed by atoms with van der Waals surface area (Å²) in [4.78, 5) is 38.2. The summed E-state index contributed by atoms with van der Waals surface area (Å²) in [5, 5.41) is 0. The second-order valence-electron chi connectivity index (χ2n) is 20.6. The Labute approximate surface area is 423 Å². The number of rotatable bonds is 56. The van der Waals surface area contributed by atoms with Crippen LogP contribution in [-0.4, -0.2) is 37.2 Å². The van der Waals surface area contributed by atoms with Gasteiger partial charge in [0.2, 0.25) is 0 Å². The molecule has 0 saturated heterocycles. The first-order valence-corrected chi connectivity index (χ1v) is 30.3. The van der Waals surface area contributed by atoms with E-state index in [1.165, 1.54) is 225 Å². The molecular formula is C62H116O6. The number of carbonyl (C=O) groups excluding carboxylic acids is 3. The SMILES string of the molecule is CCCCCCCC/C=C\CCCCCC(=O)OCC(COC(=O)CCCCCCCCC/C=C\CCCCCCCCCC)OC(=O)CCCCCCCCCCCCCCCCCCCC. The fourth-order valence-corrected chi connectivity index (χ4v) is 9.08. The maximum Gasteiger partial charge on any atom is 0.306 e. The monoisotopic (exact) mass is 957 g/mol. The van der Waals surface area contributed by atoms with E-state index in [1.54, 1.807) is 0 Å². The molecule has 0 aliphatic carbocycles. The molecule has 0 N–H and O–H groups in total. The average Bonchev–Trinajstić information content (AvgIpc) is 3.34. The Bertz CT molecular complexity index is 1100. The normalized spacial score (nSPS) is 12.1. The van der Waals surface area contributed by atoms with Gasteiger partial charge in [0.05, 0.1) is 0 Å². The summed E-state index contributed by atoms with van der Waals surface area (Å²) in [6.45, 7) is 6.67. The van der Waals surface area contributed by atoms with Crippen molar-refractivity contribution < 1.29 is 28.6 Å². The molecule has 0 aromatic carbocycles. The number of allylic oxidation sites excluding steroid dienone is 4. The summed E-state index contributed by atoms with van der Waals surface area (Å²) in [6.07, 6.45) is 67.5. The fraction of sp³-hybridized carbons (Fsp3) is 0.887. The minimum Gasteiger partial charge on any atom is -0.462 e. The molecule has 0 saturated carbocycles. The van der Waals surface area contributed by atoms with E-state index in [2.05, 4.69) is 45.1 Å². The van der Waals surface area contributed by atoms with E-state index >= 15 is 0 Å². The lowest BCUT2D eigenvalue weighted by molar-refractivity contribution is -0.167. The molecule has 0 radical (unpaired) electrons. The third kappa shape index (κ3) is 54.8. The van der Waals surface area contributed by atoms with E-state index in [1.807, 2.05) is 0 Å². The van der Waals surface area contributed by atoms with Gasteiger partial charge in [-0.15, -0.1) is 0 Å². The van der Waals surface area contributed by atoms with Gasteiger partial charge in [-0.25, -0.2) is 0 Å². The summed E-state index contributed by atoms with van der Waals surface area (Å²) < 4.78 is 16.9. The quantitative estimate of drug-likeness (QED) is 0.0262. The zero-order chi connectivity index (χ0) is 49.3. The highest BCUT2D eigenvalue weighted by molar-refractivity contribution is 5.71. The number of hydrogen-bond donors (Lipinski definition) is 0. The van der Waals surface area contributed by atoms with Crippen LogP contribution in [0.1, 0.15) is 335 Å². The van der Waals surface area contributed by atoms with Gasteiger partial charge < -0.3 is 14.2 Å². The Morgan fingerprint density at radius 1 is 0.279 bits per heavy atom. The van der Waals surface area contributed by atoms with Crippen LogP contribution in [0, 0.1) is 0 Å². The molecule has 6 nitrogen and oxygen atoms in total.